The number of halogens is 2. The van der Waals surface area contributed by atoms with Gasteiger partial charge in [0.05, 0.1) is 37.1 Å². The number of nitrogens with one attached hydrogen (secondary N) is 1. The molecule has 10 rings (SSSR count). The first-order valence-electron chi connectivity index (χ1n) is 23.8. The van der Waals surface area contributed by atoms with E-state index in [9.17, 15) is 28.7 Å². The molecule has 2 aromatic carbocycles. The van der Waals surface area contributed by atoms with Gasteiger partial charge in [-0.3, -0.25) is 29.4 Å². The van der Waals surface area contributed by atoms with Crippen LogP contribution in [0.25, 0.3) is 0 Å². The Labute approximate surface area is 384 Å². The molecule has 2 atom stereocenters. The molecule has 66 heavy (non-hydrogen) atoms. The van der Waals surface area contributed by atoms with Crippen molar-refractivity contribution in [1.82, 2.24) is 25.0 Å². The van der Waals surface area contributed by atoms with E-state index >= 15 is 4.39 Å². The highest BCUT2D eigenvalue weighted by atomic mass is 19.1. The molecule has 7 heterocycles. The fraction of sp³-hybridized carbons (Fsp3) is 0.571. The average Bonchev–Trinajstić information content (AvgIpc) is 3.97. The van der Waals surface area contributed by atoms with Crippen LogP contribution in [0, 0.1) is 28.9 Å². The van der Waals surface area contributed by atoms with Gasteiger partial charge in [-0.1, -0.05) is 18.9 Å². The molecule has 17 heteroatoms. The first-order chi connectivity index (χ1) is 32.0. The number of hydrogen-bond acceptors (Lipinski definition) is 12. The van der Waals surface area contributed by atoms with Crippen molar-refractivity contribution in [3.8, 4) is 17.4 Å². The van der Waals surface area contributed by atoms with Gasteiger partial charge in [-0.2, -0.15) is 4.98 Å². The van der Waals surface area contributed by atoms with Crippen molar-refractivity contribution in [2.75, 3.05) is 94.4 Å². The van der Waals surface area contributed by atoms with Crippen LogP contribution in [0.1, 0.15) is 91.7 Å². The van der Waals surface area contributed by atoms with E-state index in [0.717, 1.165) is 121 Å². The number of para-hydroxylation sites is 1. The molecule has 1 saturated carbocycles. The van der Waals surface area contributed by atoms with Crippen LogP contribution in [0.4, 0.5) is 26.0 Å². The van der Waals surface area contributed by atoms with Crippen LogP contribution in [0.2, 0.25) is 0 Å². The van der Waals surface area contributed by atoms with Gasteiger partial charge in [0.15, 0.2) is 11.6 Å². The first kappa shape index (κ1) is 44.3. The second-order valence-electron chi connectivity index (χ2n) is 19.5. The number of benzene rings is 2. The molecule has 1 aliphatic carbocycles. The van der Waals surface area contributed by atoms with Gasteiger partial charge < -0.3 is 39.1 Å². The number of fused-ring (bicyclic) bond motifs is 1. The Hall–Kier alpha value is -5.55. The topological polar surface area (TPSA) is 151 Å². The zero-order valence-electron chi connectivity index (χ0n) is 37.9. The van der Waals surface area contributed by atoms with E-state index in [1.807, 2.05) is 6.07 Å². The van der Waals surface area contributed by atoms with Gasteiger partial charge in [-0.05, 0) is 86.6 Å². The number of carbonyl (C=O) groups excluding carboxylic acids is 4. The van der Waals surface area contributed by atoms with Gasteiger partial charge in [-0.15, -0.1) is 0 Å². The lowest BCUT2D eigenvalue weighted by atomic mass is 9.66. The third-order valence-corrected chi connectivity index (χ3v) is 15.8. The van der Waals surface area contributed by atoms with Crippen molar-refractivity contribution in [3.63, 3.8) is 0 Å². The largest absolute Gasteiger partial charge is 0.503 e. The number of aromatic hydroxyl groups is 1. The van der Waals surface area contributed by atoms with Crippen LogP contribution in [-0.4, -0.2) is 134 Å². The average molecular weight is 911 g/mol. The van der Waals surface area contributed by atoms with Crippen LogP contribution in [0.15, 0.2) is 36.4 Å². The molecule has 2 N–H and O–H groups in total. The van der Waals surface area contributed by atoms with Gasteiger partial charge in [0.2, 0.25) is 23.6 Å². The molecule has 7 aliphatic rings. The Kier molecular flexibility index (Phi) is 12.0. The van der Waals surface area contributed by atoms with E-state index in [2.05, 4.69) is 24.9 Å². The number of carbonyl (C=O) groups is 4. The third kappa shape index (κ3) is 7.88. The molecule has 4 amide bonds. The number of anilines is 3. The number of methoxy groups -OCH3 is 2. The van der Waals surface area contributed by atoms with Gasteiger partial charge >= 0.3 is 0 Å². The van der Waals surface area contributed by atoms with Crippen molar-refractivity contribution < 1.29 is 42.5 Å². The maximum Gasteiger partial charge on any atom is 0.260 e. The molecular formula is C49H60F2N8O7. The number of aromatic nitrogens is 1. The number of nitrogens with zero attached hydrogens (tertiary/aromatic N) is 7. The molecule has 1 aromatic heterocycles. The van der Waals surface area contributed by atoms with Crippen molar-refractivity contribution >= 4 is 40.8 Å². The summed E-state index contributed by atoms with van der Waals surface area (Å²) in [5.41, 5.74) is 1.56. The van der Waals surface area contributed by atoms with Crippen LogP contribution in [0.3, 0.4) is 0 Å². The predicted molar refractivity (Wildman–Crippen MR) is 242 cm³/mol. The Bertz CT molecular complexity index is 2390. The standard InChI is InChI=1S/C49H60F2N8O7/c1-65-39-26-38(35(51)25-33(39)44-49(14-3-4-15-49)48(64)59(44)36-7-5-6-34(50)43(36)61)56-16-10-30(11-17-56)27-54-20-22-55(23-21-54)28-31-12-18-57(19-13-31)40-24-32-29-58(37-8-9-41(60)53-45(37)62)47(63)42(32)46(52-40)66-2/h5-7,24-26,30-31,37,44,61H,3-4,8-23,27-29H2,1-2H3,(H,53,60,62)/t37-,44-/m0/s1. The number of amides is 4. The van der Waals surface area contributed by atoms with E-state index in [1.165, 1.54) is 35.1 Å². The summed E-state index contributed by atoms with van der Waals surface area (Å²) < 4.78 is 42.3. The Morgan fingerprint density at radius 3 is 2.06 bits per heavy atom. The van der Waals surface area contributed by atoms with Gasteiger partial charge in [0, 0.05) is 90.0 Å². The number of pyridine rings is 1. The maximum atomic E-state index is 16.3. The third-order valence-electron chi connectivity index (χ3n) is 15.8. The first-order valence-corrected chi connectivity index (χ1v) is 23.8. The number of piperazine rings is 1. The van der Waals surface area contributed by atoms with Crippen molar-refractivity contribution in [3.05, 3.63) is 64.7 Å². The molecule has 6 fully saturated rings. The molecule has 0 unspecified atom stereocenters. The number of piperidine rings is 3. The van der Waals surface area contributed by atoms with Gasteiger partial charge in [-0.25, -0.2) is 8.78 Å². The van der Waals surface area contributed by atoms with E-state index in [-0.39, 0.29) is 48.1 Å². The zero-order chi connectivity index (χ0) is 45.9. The van der Waals surface area contributed by atoms with Crippen LogP contribution < -0.4 is 29.5 Å². The number of ether oxygens (including phenoxy) is 2. The fourth-order valence-electron chi connectivity index (χ4n) is 12.2. The number of imide groups is 1. The lowest BCUT2D eigenvalue weighted by Gasteiger charge is -2.55. The summed E-state index contributed by atoms with van der Waals surface area (Å²) >= 11 is 0. The molecule has 5 saturated heterocycles. The maximum absolute atomic E-state index is 16.3. The lowest BCUT2D eigenvalue weighted by Crippen LogP contribution is -2.62. The number of phenols is 1. The lowest BCUT2D eigenvalue weighted by molar-refractivity contribution is -0.140. The highest BCUT2D eigenvalue weighted by Gasteiger charge is 2.63. The molecule has 6 aliphatic heterocycles. The summed E-state index contributed by atoms with van der Waals surface area (Å²) in [6.07, 6.45) is 7.52. The smallest absolute Gasteiger partial charge is 0.260 e. The number of rotatable bonds is 11. The Balaban J connectivity index is 0.697. The highest BCUT2D eigenvalue weighted by molar-refractivity contribution is 6.08. The normalized spacial score (nSPS) is 24.3. The van der Waals surface area contributed by atoms with E-state index in [0.29, 0.717) is 53.7 Å². The summed E-state index contributed by atoms with van der Waals surface area (Å²) in [7, 11) is 3.07. The fourth-order valence-corrected chi connectivity index (χ4v) is 12.2. The number of β-lactam (4-membered cyclic amide) rings is 1. The predicted octanol–water partition coefficient (Wildman–Crippen LogP) is 5.24. The molecule has 352 valence electrons. The molecule has 3 aromatic rings. The second kappa shape index (κ2) is 17.9. The second-order valence-corrected chi connectivity index (χ2v) is 19.5. The number of phenolic OH excluding ortho intramolecular Hbond substituents is 1. The van der Waals surface area contributed by atoms with Crippen LogP contribution in [0.5, 0.6) is 17.4 Å². The van der Waals surface area contributed by atoms with Crippen molar-refractivity contribution in [1.29, 1.82) is 0 Å². The van der Waals surface area contributed by atoms with Gasteiger partial charge in [0.1, 0.15) is 29.0 Å². The summed E-state index contributed by atoms with van der Waals surface area (Å²) in [5, 5.41) is 13.0. The minimum Gasteiger partial charge on any atom is -0.503 e. The van der Waals surface area contributed by atoms with Crippen LogP contribution >= 0.6 is 0 Å². The molecule has 0 bridgehead atoms. The van der Waals surface area contributed by atoms with E-state index in [4.69, 9.17) is 14.5 Å². The van der Waals surface area contributed by atoms with Gasteiger partial charge in [0.25, 0.3) is 5.91 Å². The molecule has 0 radical (unpaired) electrons. The SMILES string of the molecule is COc1cc(N2CCC(CN3CCN(CC4CCN(c5cc6c(c(OC)n5)C(=O)N([C@H]5CCC(=O)NC5=O)C6)CC4)CC3)CC2)c(F)cc1[C@@H]1N(c2cccc(F)c2O)C(=O)C12CCCC2. The highest BCUT2D eigenvalue weighted by Crippen LogP contribution is 2.63. The van der Waals surface area contributed by atoms with Crippen molar-refractivity contribution in [2.45, 2.75) is 82.8 Å². The van der Waals surface area contributed by atoms with E-state index < -0.39 is 35.0 Å². The van der Waals surface area contributed by atoms with Crippen LogP contribution in [-0.2, 0) is 20.9 Å². The molecule has 15 nitrogen and oxygen atoms in total. The molecule has 1 spiro atoms. The summed E-state index contributed by atoms with van der Waals surface area (Å²) in [4.78, 5) is 68.8. The minimum atomic E-state index is -0.810. The monoisotopic (exact) mass is 910 g/mol. The molecular weight excluding hydrogens is 851 g/mol. The summed E-state index contributed by atoms with van der Waals surface area (Å²) in [6.45, 7) is 9.63. The summed E-state index contributed by atoms with van der Waals surface area (Å²) in [6, 6.07) is 8.09. The number of hydrogen-bond donors (Lipinski definition) is 2. The van der Waals surface area contributed by atoms with E-state index in [1.54, 1.807) is 13.2 Å². The van der Waals surface area contributed by atoms with Crippen molar-refractivity contribution in [2.24, 2.45) is 17.3 Å². The Morgan fingerprint density at radius 1 is 0.788 bits per heavy atom. The summed E-state index contributed by atoms with van der Waals surface area (Å²) in [5.74, 6) is -0.360. The minimum absolute atomic E-state index is 0.0901. The zero-order valence-corrected chi connectivity index (χ0v) is 37.9. The Morgan fingerprint density at radius 2 is 1.44 bits per heavy atom. The quantitative estimate of drug-likeness (QED) is 0.191.